The van der Waals surface area contributed by atoms with Crippen molar-refractivity contribution in [2.45, 2.75) is 6.92 Å². The highest BCUT2D eigenvalue weighted by molar-refractivity contribution is 5.24. The minimum atomic E-state index is 0.785. The van der Waals surface area contributed by atoms with Crippen molar-refractivity contribution < 1.29 is 0 Å². The van der Waals surface area contributed by atoms with Gasteiger partial charge in [0.15, 0.2) is 5.95 Å². The van der Waals surface area contributed by atoms with Crippen molar-refractivity contribution in [3.8, 4) is 0 Å². The van der Waals surface area contributed by atoms with E-state index in [-0.39, 0.29) is 0 Å². The molecule has 1 heterocycles. The Hall–Kier alpha value is -0.990. The molecule has 0 atom stereocenters. The molecule has 3 nitrogen and oxygen atoms in total. The Labute approximate surface area is 48.1 Å². The second kappa shape index (κ2) is 2.35. The van der Waals surface area contributed by atoms with Crippen LogP contribution in [0.2, 0.25) is 0 Å². The Morgan fingerprint density at radius 2 is 2.75 bits per heavy atom. The maximum absolute atomic E-state index is 3.91. The molecule has 8 heavy (non-hydrogen) atoms. The number of H-pyrrole nitrogens is 1. The predicted molar refractivity (Wildman–Crippen MR) is 32.2 cm³/mol. The summed E-state index contributed by atoms with van der Waals surface area (Å²) in [5.74, 6) is 0.785. The standard InChI is InChI=1S/C5H8N3/c1-2-6-5-7-3-4-8-5/h2-4H,1H3,(H2,6,7,8). The SMILES string of the molecule is C[CH]Nc1ncc[nH]1. The molecule has 0 aliphatic rings. The highest BCUT2D eigenvalue weighted by Gasteiger charge is 1.84. The summed E-state index contributed by atoms with van der Waals surface area (Å²) in [6.07, 6.45) is 3.47. The van der Waals surface area contributed by atoms with Crippen LogP contribution in [-0.2, 0) is 0 Å². The normalized spacial score (nSPS) is 9.12. The second-order valence-corrected chi connectivity index (χ2v) is 1.37. The van der Waals surface area contributed by atoms with Gasteiger partial charge in [-0.2, -0.15) is 0 Å². The minimum Gasteiger partial charge on any atom is -0.351 e. The number of nitrogens with zero attached hydrogens (tertiary/aromatic N) is 1. The van der Waals surface area contributed by atoms with E-state index in [1.165, 1.54) is 0 Å². The van der Waals surface area contributed by atoms with Gasteiger partial charge in [-0.15, -0.1) is 0 Å². The van der Waals surface area contributed by atoms with Crippen LogP contribution in [0.25, 0.3) is 0 Å². The van der Waals surface area contributed by atoms with Crippen LogP contribution in [0, 0.1) is 6.54 Å². The van der Waals surface area contributed by atoms with Crippen LogP contribution in [0.3, 0.4) is 0 Å². The molecule has 3 heteroatoms. The first-order valence-corrected chi connectivity index (χ1v) is 2.47. The van der Waals surface area contributed by atoms with E-state index in [4.69, 9.17) is 0 Å². The zero-order valence-electron chi connectivity index (χ0n) is 4.68. The van der Waals surface area contributed by atoms with Crippen LogP contribution in [-0.4, -0.2) is 9.97 Å². The van der Waals surface area contributed by atoms with Gasteiger partial charge in [-0.3, -0.25) is 0 Å². The predicted octanol–water partition coefficient (Wildman–Crippen LogP) is 1.00. The van der Waals surface area contributed by atoms with Crippen molar-refractivity contribution in [1.29, 1.82) is 0 Å². The van der Waals surface area contributed by atoms with E-state index in [1.807, 2.05) is 13.5 Å². The van der Waals surface area contributed by atoms with E-state index in [0.29, 0.717) is 0 Å². The summed E-state index contributed by atoms with van der Waals surface area (Å²) in [6.45, 7) is 3.72. The third-order valence-electron chi connectivity index (χ3n) is 0.779. The molecule has 0 amide bonds. The van der Waals surface area contributed by atoms with Gasteiger partial charge in [0.1, 0.15) is 0 Å². The van der Waals surface area contributed by atoms with Gasteiger partial charge in [-0.25, -0.2) is 4.98 Å². The van der Waals surface area contributed by atoms with Gasteiger partial charge in [-0.1, -0.05) is 0 Å². The summed E-state index contributed by atoms with van der Waals surface area (Å²) in [7, 11) is 0. The third-order valence-corrected chi connectivity index (χ3v) is 0.779. The number of imidazole rings is 1. The van der Waals surface area contributed by atoms with Crippen LogP contribution < -0.4 is 5.32 Å². The lowest BCUT2D eigenvalue weighted by atomic mass is 10.7. The van der Waals surface area contributed by atoms with E-state index in [2.05, 4.69) is 15.3 Å². The molecule has 0 saturated carbocycles. The third kappa shape index (κ3) is 0.992. The van der Waals surface area contributed by atoms with E-state index in [1.54, 1.807) is 12.4 Å². The lowest BCUT2D eigenvalue weighted by Gasteiger charge is -1.91. The van der Waals surface area contributed by atoms with Crippen molar-refractivity contribution in [2.75, 3.05) is 5.32 Å². The van der Waals surface area contributed by atoms with E-state index < -0.39 is 0 Å². The summed E-state index contributed by atoms with van der Waals surface area (Å²) < 4.78 is 0. The maximum Gasteiger partial charge on any atom is 0.200 e. The van der Waals surface area contributed by atoms with Crippen molar-refractivity contribution in [3.05, 3.63) is 18.9 Å². The largest absolute Gasteiger partial charge is 0.351 e. The van der Waals surface area contributed by atoms with Crippen molar-refractivity contribution in [1.82, 2.24) is 9.97 Å². The topological polar surface area (TPSA) is 40.7 Å². The fraction of sp³-hybridized carbons (Fsp3) is 0.200. The molecule has 43 valence electrons. The van der Waals surface area contributed by atoms with Gasteiger partial charge in [0, 0.05) is 18.9 Å². The first-order chi connectivity index (χ1) is 3.93. The molecule has 1 radical (unpaired) electrons. The number of hydrogen-bond acceptors (Lipinski definition) is 2. The molecule has 0 fully saturated rings. The average Bonchev–Trinajstić information content (AvgIpc) is 2.19. The minimum absolute atomic E-state index is 0.785. The van der Waals surface area contributed by atoms with Gasteiger partial charge in [-0.05, 0) is 6.92 Å². The summed E-state index contributed by atoms with van der Waals surface area (Å²) in [4.78, 5) is 6.79. The van der Waals surface area contributed by atoms with Gasteiger partial charge in [0.05, 0.1) is 0 Å². The Kier molecular flexibility index (Phi) is 1.51. The number of anilines is 1. The number of nitrogens with one attached hydrogen (secondary N) is 2. The van der Waals surface area contributed by atoms with Crippen molar-refractivity contribution in [2.24, 2.45) is 0 Å². The number of rotatable bonds is 2. The van der Waals surface area contributed by atoms with E-state index in [9.17, 15) is 0 Å². The van der Waals surface area contributed by atoms with Crippen molar-refractivity contribution in [3.63, 3.8) is 0 Å². The number of hydrogen-bond donors (Lipinski definition) is 2. The van der Waals surface area contributed by atoms with E-state index >= 15 is 0 Å². The number of aromatic amines is 1. The lowest BCUT2D eigenvalue weighted by molar-refractivity contribution is 1.23. The Morgan fingerprint density at radius 1 is 1.88 bits per heavy atom. The van der Waals surface area contributed by atoms with Crippen LogP contribution >= 0.6 is 0 Å². The summed E-state index contributed by atoms with van der Waals surface area (Å²) >= 11 is 0. The van der Waals surface area contributed by atoms with Crippen LogP contribution in [0.1, 0.15) is 6.92 Å². The molecule has 1 aromatic rings. The second-order valence-electron chi connectivity index (χ2n) is 1.37. The number of aromatic nitrogens is 2. The van der Waals surface area contributed by atoms with Crippen LogP contribution in [0.15, 0.2) is 12.4 Å². The van der Waals surface area contributed by atoms with Gasteiger partial charge >= 0.3 is 0 Å². The molecule has 0 aliphatic carbocycles. The summed E-state index contributed by atoms with van der Waals surface area (Å²) in [5, 5.41) is 2.90. The Balaban J connectivity index is 2.50. The highest BCUT2D eigenvalue weighted by Crippen LogP contribution is 1.93. The first-order valence-electron chi connectivity index (χ1n) is 2.47. The molecule has 0 aromatic carbocycles. The lowest BCUT2D eigenvalue weighted by Crippen LogP contribution is -1.91. The van der Waals surface area contributed by atoms with Gasteiger partial charge in [0.25, 0.3) is 0 Å². The van der Waals surface area contributed by atoms with Crippen molar-refractivity contribution >= 4 is 5.95 Å². The first kappa shape index (κ1) is 5.15. The molecule has 1 aromatic heterocycles. The molecule has 0 unspecified atom stereocenters. The monoisotopic (exact) mass is 110 g/mol. The molecular formula is C5H8N3. The maximum atomic E-state index is 3.91. The summed E-state index contributed by atoms with van der Waals surface area (Å²) in [5.41, 5.74) is 0. The zero-order chi connectivity index (χ0) is 5.82. The fourth-order valence-corrected chi connectivity index (χ4v) is 0.481. The zero-order valence-corrected chi connectivity index (χ0v) is 4.68. The molecule has 0 aliphatic heterocycles. The highest BCUT2D eigenvalue weighted by atomic mass is 15.1. The van der Waals surface area contributed by atoms with Crippen LogP contribution in [0.5, 0.6) is 0 Å². The van der Waals surface area contributed by atoms with E-state index in [0.717, 1.165) is 5.95 Å². The Morgan fingerprint density at radius 3 is 3.25 bits per heavy atom. The molecule has 2 N–H and O–H groups in total. The Bertz CT molecular complexity index is 133. The van der Waals surface area contributed by atoms with Gasteiger partial charge < -0.3 is 10.3 Å². The molecule has 0 spiro atoms. The quantitative estimate of drug-likeness (QED) is 0.596. The molecule has 0 saturated heterocycles. The fourth-order valence-electron chi connectivity index (χ4n) is 0.481. The average molecular weight is 110 g/mol. The summed E-state index contributed by atoms with van der Waals surface area (Å²) in [6, 6.07) is 0. The van der Waals surface area contributed by atoms with Crippen LogP contribution in [0.4, 0.5) is 5.95 Å². The molecule has 1 rings (SSSR count). The molecule has 0 bridgehead atoms. The smallest absolute Gasteiger partial charge is 0.200 e. The molecular weight excluding hydrogens is 102 g/mol. The van der Waals surface area contributed by atoms with Gasteiger partial charge in [0.2, 0.25) is 0 Å².